The van der Waals surface area contributed by atoms with Gasteiger partial charge < -0.3 is 5.73 Å². The summed E-state index contributed by atoms with van der Waals surface area (Å²) in [4.78, 5) is 2.63. The monoisotopic (exact) mass is 198 g/mol. The minimum absolute atomic E-state index is 0.216. The molecule has 2 nitrogen and oxygen atoms in total. The lowest BCUT2D eigenvalue weighted by molar-refractivity contribution is 0.0187. The Morgan fingerprint density at radius 3 is 2.50 bits per heavy atom. The maximum absolute atomic E-state index is 5.91. The minimum atomic E-state index is 0.216. The Morgan fingerprint density at radius 1 is 1.36 bits per heavy atom. The van der Waals surface area contributed by atoms with Gasteiger partial charge in [-0.15, -0.1) is 0 Å². The van der Waals surface area contributed by atoms with Gasteiger partial charge in [-0.05, 0) is 39.0 Å². The normalized spacial score (nSPS) is 34.1. The van der Waals surface area contributed by atoms with E-state index in [4.69, 9.17) is 5.73 Å². The van der Waals surface area contributed by atoms with Crippen LogP contribution in [0.15, 0.2) is 0 Å². The predicted octanol–water partition coefficient (Wildman–Crippen LogP) is 2.23. The SMILES string of the molecule is CCC(C)(CN)N1CC(C)CCC1C. The Bertz CT molecular complexity index is 175. The van der Waals surface area contributed by atoms with Gasteiger partial charge in [0, 0.05) is 24.7 Å². The zero-order chi connectivity index (χ0) is 10.8. The van der Waals surface area contributed by atoms with Crippen molar-refractivity contribution in [3.63, 3.8) is 0 Å². The van der Waals surface area contributed by atoms with E-state index in [1.165, 1.54) is 19.4 Å². The number of piperidine rings is 1. The quantitative estimate of drug-likeness (QED) is 0.753. The molecule has 0 amide bonds. The summed E-state index contributed by atoms with van der Waals surface area (Å²) in [6.07, 6.45) is 3.86. The van der Waals surface area contributed by atoms with Crippen LogP contribution in [-0.4, -0.2) is 29.6 Å². The van der Waals surface area contributed by atoms with E-state index in [-0.39, 0.29) is 5.54 Å². The van der Waals surface area contributed by atoms with Crippen molar-refractivity contribution in [2.24, 2.45) is 11.7 Å². The van der Waals surface area contributed by atoms with Crippen molar-refractivity contribution in [2.45, 2.75) is 58.5 Å². The smallest absolute Gasteiger partial charge is 0.0303 e. The zero-order valence-electron chi connectivity index (χ0n) is 10.2. The van der Waals surface area contributed by atoms with Gasteiger partial charge in [-0.3, -0.25) is 4.90 Å². The van der Waals surface area contributed by atoms with Crippen LogP contribution in [0, 0.1) is 5.92 Å². The van der Waals surface area contributed by atoms with Gasteiger partial charge in [0.25, 0.3) is 0 Å². The fourth-order valence-corrected chi connectivity index (χ4v) is 2.51. The maximum Gasteiger partial charge on any atom is 0.0303 e. The van der Waals surface area contributed by atoms with Crippen molar-refractivity contribution in [3.05, 3.63) is 0 Å². The molecule has 84 valence electrons. The third-order valence-corrected chi connectivity index (χ3v) is 4.01. The highest BCUT2D eigenvalue weighted by atomic mass is 15.2. The molecule has 0 aromatic heterocycles. The van der Waals surface area contributed by atoms with E-state index < -0.39 is 0 Å². The zero-order valence-corrected chi connectivity index (χ0v) is 10.2. The van der Waals surface area contributed by atoms with Crippen molar-refractivity contribution in [1.29, 1.82) is 0 Å². The molecule has 0 aromatic rings. The lowest BCUT2D eigenvalue weighted by Crippen LogP contribution is -2.57. The van der Waals surface area contributed by atoms with Crippen LogP contribution in [0.25, 0.3) is 0 Å². The molecule has 0 aromatic carbocycles. The predicted molar refractivity (Wildman–Crippen MR) is 62.3 cm³/mol. The third-order valence-electron chi connectivity index (χ3n) is 4.01. The third kappa shape index (κ3) is 2.29. The largest absolute Gasteiger partial charge is 0.329 e. The molecule has 1 heterocycles. The van der Waals surface area contributed by atoms with E-state index in [1.54, 1.807) is 0 Å². The average Bonchev–Trinajstić information content (AvgIpc) is 2.20. The van der Waals surface area contributed by atoms with Gasteiger partial charge in [0.2, 0.25) is 0 Å². The van der Waals surface area contributed by atoms with Crippen LogP contribution in [-0.2, 0) is 0 Å². The Labute approximate surface area is 88.8 Å². The molecule has 1 saturated heterocycles. The number of hydrogen-bond acceptors (Lipinski definition) is 2. The van der Waals surface area contributed by atoms with Crippen molar-refractivity contribution < 1.29 is 0 Å². The van der Waals surface area contributed by atoms with E-state index >= 15 is 0 Å². The standard InChI is InChI=1S/C12H26N2/c1-5-12(4,9-13)14-8-10(2)6-7-11(14)3/h10-11H,5-9,13H2,1-4H3. The van der Waals surface area contributed by atoms with Gasteiger partial charge >= 0.3 is 0 Å². The summed E-state index contributed by atoms with van der Waals surface area (Å²) in [6.45, 7) is 11.3. The molecule has 2 heteroatoms. The van der Waals surface area contributed by atoms with E-state index in [9.17, 15) is 0 Å². The second-order valence-corrected chi connectivity index (χ2v) is 5.24. The first kappa shape index (κ1) is 12.0. The maximum atomic E-state index is 5.91. The topological polar surface area (TPSA) is 29.3 Å². The van der Waals surface area contributed by atoms with E-state index in [0.29, 0.717) is 6.04 Å². The first-order chi connectivity index (χ1) is 6.53. The van der Waals surface area contributed by atoms with Crippen LogP contribution in [0.5, 0.6) is 0 Å². The summed E-state index contributed by atoms with van der Waals surface area (Å²) in [5.41, 5.74) is 6.13. The molecular weight excluding hydrogens is 172 g/mol. The summed E-state index contributed by atoms with van der Waals surface area (Å²) >= 11 is 0. The van der Waals surface area contributed by atoms with Gasteiger partial charge in [-0.25, -0.2) is 0 Å². The molecule has 0 spiro atoms. The number of nitrogens with two attached hydrogens (primary N) is 1. The fraction of sp³-hybridized carbons (Fsp3) is 1.00. The lowest BCUT2D eigenvalue weighted by Gasteiger charge is -2.48. The summed E-state index contributed by atoms with van der Waals surface area (Å²) in [7, 11) is 0. The Kier molecular flexibility index (Phi) is 3.96. The molecule has 3 atom stereocenters. The van der Waals surface area contributed by atoms with E-state index in [1.807, 2.05) is 0 Å². The van der Waals surface area contributed by atoms with Gasteiger partial charge in [0.1, 0.15) is 0 Å². The fourth-order valence-electron chi connectivity index (χ4n) is 2.51. The average molecular weight is 198 g/mol. The van der Waals surface area contributed by atoms with Gasteiger partial charge in [-0.1, -0.05) is 13.8 Å². The summed E-state index contributed by atoms with van der Waals surface area (Å²) in [6, 6.07) is 0.708. The first-order valence-corrected chi connectivity index (χ1v) is 6.00. The second-order valence-electron chi connectivity index (χ2n) is 5.24. The van der Waals surface area contributed by atoms with Gasteiger partial charge in [0.15, 0.2) is 0 Å². The van der Waals surface area contributed by atoms with Crippen LogP contribution < -0.4 is 5.73 Å². The van der Waals surface area contributed by atoms with E-state index in [2.05, 4.69) is 32.6 Å². The molecule has 1 rings (SSSR count). The van der Waals surface area contributed by atoms with Crippen molar-refractivity contribution in [3.8, 4) is 0 Å². The molecular formula is C12H26N2. The lowest BCUT2D eigenvalue weighted by atomic mass is 9.87. The molecule has 0 saturated carbocycles. The van der Waals surface area contributed by atoms with Crippen molar-refractivity contribution >= 4 is 0 Å². The number of likely N-dealkylation sites (tertiary alicyclic amines) is 1. The molecule has 2 N–H and O–H groups in total. The second kappa shape index (κ2) is 4.63. The molecule has 1 aliphatic rings. The Hall–Kier alpha value is -0.0800. The number of nitrogens with zero attached hydrogens (tertiary/aromatic N) is 1. The summed E-state index contributed by atoms with van der Waals surface area (Å²) in [5, 5.41) is 0. The first-order valence-electron chi connectivity index (χ1n) is 6.00. The van der Waals surface area contributed by atoms with E-state index in [0.717, 1.165) is 18.9 Å². The number of rotatable bonds is 3. The Balaban J connectivity index is 2.72. The summed E-state index contributed by atoms with van der Waals surface area (Å²) in [5.74, 6) is 0.837. The summed E-state index contributed by atoms with van der Waals surface area (Å²) < 4.78 is 0. The molecule has 1 aliphatic heterocycles. The highest BCUT2D eigenvalue weighted by Crippen LogP contribution is 2.29. The molecule has 0 bridgehead atoms. The molecule has 0 radical (unpaired) electrons. The van der Waals surface area contributed by atoms with Crippen LogP contribution >= 0.6 is 0 Å². The molecule has 0 aliphatic carbocycles. The molecule has 1 fully saturated rings. The Morgan fingerprint density at radius 2 is 2.00 bits per heavy atom. The van der Waals surface area contributed by atoms with Gasteiger partial charge in [-0.2, -0.15) is 0 Å². The highest BCUT2D eigenvalue weighted by Gasteiger charge is 2.35. The van der Waals surface area contributed by atoms with Crippen LogP contribution in [0.1, 0.15) is 47.0 Å². The van der Waals surface area contributed by atoms with Gasteiger partial charge in [0.05, 0.1) is 0 Å². The van der Waals surface area contributed by atoms with Crippen LogP contribution in [0.3, 0.4) is 0 Å². The molecule has 3 unspecified atom stereocenters. The highest BCUT2D eigenvalue weighted by molar-refractivity contribution is 4.92. The minimum Gasteiger partial charge on any atom is -0.329 e. The number of hydrogen-bond donors (Lipinski definition) is 1. The van der Waals surface area contributed by atoms with Crippen molar-refractivity contribution in [2.75, 3.05) is 13.1 Å². The van der Waals surface area contributed by atoms with Crippen molar-refractivity contribution in [1.82, 2.24) is 4.90 Å². The van der Waals surface area contributed by atoms with Crippen LogP contribution in [0.2, 0.25) is 0 Å². The molecule has 14 heavy (non-hydrogen) atoms. The van der Waals surface area contributed by atoms with Crippen LogP contribution in [0.4, 0.5) is 0 Å².